The zero-order valence-electron chi connectivity index (χ0n) is 15.4. The fourth-order valence-corrected chi connectivity index (χ4v) is 4.34. The molecule has 0 saturated heterocycles. The molecule has 0 aliphatic rings. The molecule has 2 aromatic rings. The first-order valence-electron chi connectivity index (χ1n) is 8.58. The Balaban J connectivity index is 1.74. The molecule has 2 aromatic carbocycles. The van der Waals surface area contributed by atoms with Crippen molar-refractivity contribution < 1.29 is 17.6 Å². The summed E-state index contributed by atoms with van der Waals surface area (Å²) >= 11 is 7.60. The zero-order valence-corrected chi connectivity index (χ0v) is 17.8. The summed E-state index contributed by atoms with van der Waals surface area (Å²) < 4.78 is 37.9. The number of carbonyl (C=O) groups is 1. The Hall–Kier alpha value is -1.77. The van der Waals surface area contributed by atoms with Crippen LogP contribution in [-0.4, -0.2) is 39.4 Å². The standard InChI is InChI=1S/C19H22ClFN2O3S2/c1-28(25,26)23(18-5-2-4-16(20)12-18)13-19(24)22-10-3-11-27-14-15-6-8-17(21)9-7-15/h2,4-9,12H,3,10-11,13-14H2,1H3,(H,22,24). The average Bonchev–Trinajstić information content (AvgIpc) is 2.63. The third-order valence-electron chi connectivity index (χ3n) is 3.75. The number of hydrogen-bond acceptors (Lipinski definition) is 4. The summed E-state index contributed by atoms with van der Waals surface area (Å²) in [6.45, 7) is 0.143. The Morgan fingerprint density at radius 2 is 1.93 bits per heavy atom. The van der Waals surface area contributed by atoms with E-state index in [4.69, 9.17) is 11.6 Å². The lowest BCUT2D eigenvalue weighted by atomic mass is 10.2. The molecule has 0 bridgehead atoms. The van der Waals surface area contributed by atoms with E-state index in [1.54, 1.807) is 42.1 Å². The van der Waals surface area contributed by atoms with Gasteiger partial charge >= 0.3 is 0 Å². The van der Waals surface area contributed by atoms with Crippen LogP contribution < -0.4 is 9.62 Å². The molecule has 28 heavy (non-hydrogen) atoms. The number of rotatable bonds is 10. The highest BCUT2D eigenvalue weighted by atomic mass is 35.5. The van der Waals surface area contributed by atoms with Gasteiger partial charge in [-0.15, -0.1) is 0 Å². The van der Waals surface area contributed by atoms with Gasteiger partial charge in [-0.3, -0.25) is 9.10 Å². The van der Waals surface area contributed by atoms with Gasteiger partial charge in [-0.2, -0.15) is 11.8 Å². The first-order chi connectivity index (χ1) is 13.3. The number of halogens is 2. The molecule has 0 atom stereocenters. The van der Waals surface area contributed by atoms with Crippen molar-refractivity contribution >= 4 is 45.0 Å². The van der Waals surface area contributed by atoms with Crippen LogP contribution in [0.3, 0.4) is 0 Å². The fourth-order valence-electron chi connectivity index (χ4n) is 2.39. The van der Waals surface area contributed by atoms with Gasteiger partial charge in [0.1, 0.15) is 12.4 Å². The van der Waals surface area contributed by atoms with Crippen molar-refractivity contribution in [2.24, 2.45) is 0 Å². The van der Waals surface area contributed by atoms with Gasteiger partial charge in [0, 0.05) is 17.3 Å². The maximum Gasteiger partial charge on any atom is 0.240 e. The van der Waals surface area contributed by atoms with E-state index in [1.807, 2.05) is 0 Å². The van der Waals surface area contributed by atoms with Crippen LogP contribution in [-0.2, 0) is 20.6 Å². The van der Waals surface area contributed by atoms with Gasteiger partial charge in [-0.1, -0.05) is 29.8 Å². The van der Waals surface area contributed by atoms with E-state index in [-0.39, 0.29) is 18.3 Å². The third kappa shape index (κ3) is 7.69. The molecule has 0 aliphatic heterocycles. The van der Waals surface area contributed by atoms with Crippen LogP contribution in [0.4, 0.5) is 10.1 Å². The van der Waals surface area contributed by atoms with Gasteiger partial charge in [-0.25, -0.2) is 12.8 Å². The fraction of sp³-hybridized carbons (Fsp3) is 0.316. The predicted octanol–water partition coefficient (Wildman–Crippen LogP) is 3.68. The van der Waals surface area contributed by atoms with E-state index < -0.39 is 10.0 Å². The van der Waals surface area contributed by atoms with Crippen LogP contribution >= 0.6 is 23.4 Å². The molecule has 152 valence electrons. The number of nitrogens with one attached hydrogen (secondary N) is 1. The third-order valence-corrected chi connectivity index (χ3v) is 6.24. The van der Waals surface area contributed by atoms with Crippen LogP contribution in [0.1, 0.15) is 12.0 Å². The number of nitrogens with zero attached hydrogens (tertiary/aromatic N) is 1. The molecular weight excluding hydrogens is 423 g/mol. The Kier molecular flexibility index (Phi) is 8.59. The molecule has 0 aliphatic carbocycles. The summed E-state index contributed by atoms with van der Waals surface area (Å²) in [5.74, 6) is 0.957. The molecule has 0 spiro atoms. The van der Waals surface area contributed by atoms with E-state index in [2.05, 4.69) is 5.32 Å². The minimum Gasteiger partial charge on any atom is -0.354 e. The monoisotopic (exact) mass is 444 g/mol. The molecule has 0 fully saturated rings. The maximum absolute atomic E-state index is 12.8. The molecule has 9 heteroatoms. The second kappa shape index (κ2) is 10.7. The smallest absolute Gasteiger partial charge is 0.240 e. The largest absolute Gasteiger partial charge is 0.354 e. The van der Waals surface area contributed by atoms with Gasteiger partial charge in [0.2, 0.25) is 15.9 Å². The second-order valence-electron chi connectivity index (χ2n) is 6.13. The Morgan fingerprint density at radius 3 is 2.57 bits per heavy atom. The number of anilines is 1. The van der Waals surface area contributed by atoms with Gasteiger partial charge in [0.15, 0.2) is 0 Å². The minimum atomic E-state index is -3.62. The Bertz CT molecular complexity index is 892. The van der Waals surface area contributed by atoms with Crippen molar-refractivity contribution in [1.82, 2.24) is 5.32 Å². The summed E-state index contributed by atoms with van der Waals surface area (Å²) in [5.41, 5.74) is 1.39. The summed E-state index contributed by atoms with van der Waals surface area (Å²) in [6, 6.07) is 12.7. The highest BCUT2D eigenvalue weighted by Crippen LogP contribution is 2.21. The normalized spacial score (nSPS) is 11.2. The molecule has 0 radical (unpaired) electrons. The summed E-state index contributed by atoms with van der Waals surface area (Å²) in [6.07, 6.45) is 1.79. The maximum atomic E-state index is 12.8. The first kappa shape index (κ1) is 22.5. The van der Waals surface area contributed by atoms with Crippen LogP contribution in [0.5, 0.6) is 0 Å². The number of amides is 1. The van der Waals surface area contributed by atoms with Crippen molar-refractivity contribution in [1.29, 1.82) is 0 Å². The van der Waals surface area contributed by atoms with E-state index in [0.29, 0.717) is 17.3 Å². The van der Waals surface area contributed by atoms with Crippen molar-refractivity contribution in [2.45, 2.75) is 12.2 Å². The van der Waals surface area contributed by atoms with E-state index in [9.17, 15) is 17.6 Å². The molecule has 5 nitrogen and oxygen atoms in total. The Labute approximate surface area is 174 Å². The minimum absolute atomic E-state index is 0.252. The van der Waals surface area contributed by atoms with E-state index in [1.165, 1.54) is 18.2 Å². The highest BCUT2D eigenvalue weighted by molar-refractivity contribution is 7.98. The quantitative estimate of drug-likeness (QED) is 0.567. The number of carbonyl (C=O) groups excluding carboxylic acids is 1. The summed E-state index contributed by atoms with van der Waals surface area (Å²) in [5, 5.41) is 3.13. The number of hydrogen-bond donors (Lipinski definition) is 1. The summed E-state index contributed by atoms with van der Waals surface area (Å²) in [7, 11) is -3.62. The lowest BCUT2D eigenvalue weighted by molar-refractivity contribution is -0.119. The van der Waals surface area contributed by atoms with Crippen LogP contribution in [0.25, 0.3) is 0 Å². The van der Waals surface area contributed by atoms with Crippen molar-refractivity contribution in [3.63, 3.8) is 0 Å². The van der Waals surface area contributed by atoms with Gasteiger partial charge < -0.3 is 5.32 Å². The average molecular weight is 445 g/mol. The molecule has 1 amide bonds. The number of benzene rings is 2. The molecular formula is C19H22ClFN2O3S2. The molecule has 0 saturated carbocycles. The van der Waals surface area contributed by atoms with Crippen molar-refractivity contribution in [3.8, 4) is 0 Å². The first-order valence-corrected chi connectivity index (χ1v) is 12.0. The lowest BCUT2D eigenvalue weighted by Gasteiger charge is -2.22. The SMILES string of the molecule is CS(=O)(=O)N(CC(=O)NCCCSCc1ccc(F)cc1)c1cccc(Cl)c1. The van der Waals surface area contributed by atoms with Gasteiger partial charge in [-0.05, 0) is 48.1 Å². The molecule has 1 N–H and O–H groups in total. The predicted molar refractivity (Wildman–Crippen MR) is 114 cm³/mol. The lowest BCUT2D eigenvalue weighted by Crippen LogP contribution is -2.40. The Morgan fingerprint density at radius 1 is 1.21 bits per heavy atom. The van der Waals surface area contributed by atoms with Crippen molar-refractivity contribution in [2.75, 3.05) is 29.4 Å². The number of sulfonamides is 1. The van der Waals surface area contributed by atoms with Crippen LogP contribution in [0.15, 0.2) is 48.5 Å². The molecule has 0 aromatic heterocycles. The highest BCUT2D eigenvalue weighted by Gasteiger charge is 2.20. The molecule has 0 unspecified atom stereocenters. The van der Waals surface area contributed by atoms with Crippen LogP contribution in [0, 0.1) is 5.82 Å². The molecule has 2 rings (SSSR count). The topological polar surface area (TPSA) is 66.5 Å². The van der Waals surface area contributed by atoms with Crippen molar-refractivity contribution in [3.05, 3.63) is 64.9 Å². The van der Waals surface area contributed by atoms with Gasteiger partial charge in [0.25, 0.3) is 0 Å². The second-order valence-corrected chi connectivity index (χ2v) is 9.58. The van der Waals surface area contributed by atoms with E-state index in [0.717, 1.165) is 34.1 Å². The van der Waals surface area contributed by atoms with Gasteiger partial charge in [0.05, 0.1) is 11.9 Å². The number of thioether (sulfide) groups is 1. The van der Waals surface area contributed by atoms with Crippen LogP contribution in [0.2, 0.25) is 5.02 Å². The van der Waals surface area contributed by atoms with E-state index >= 15 is 0 Å². The molecule has 0 heterocycles. The zero-order chi connectivity index (χ0) is 20.6. The summed E-state index contributed by atoms with van der Waals surface area (Å²) in [4.78, 5) is 12.2.